The molecule has 0 aliphatic rings. The van der Waals surface area contributed by atoms with Crippen LogP contribution in [0, 0.1) is 0 Å². The van der Waals surface area contributed by atoms with E-state index in [4.69, 9.17) is 32.8 Å². The van der Waals surface area contributed by atoms with Crippen LogP contribution in [-0.4, -0.2) is 52.9 Å². The third-order valence-corrected chi connectivity index (χ3v) is 5.69. The second-order valence-electron chi connectivity index (χ2n) is 7.73. The number of methoxy groups -OCH3 is 6. The Hall–Kier alpha value is -4.66. The molecule has 0 atom stereocenters. The van der Waals surface area contributed by atoms with Gasteiger partial charge in [-0.05, 0) is 59.7 Å². The van der Waals surface area contributed by atoms with E-state index in [1.165, 1.54) is 0 Å². The van der Waals surface area contributed by atoms with E-state index < -0.39 is 0 Å². The highest BCUT2D eigenvalue weighted by Gasteiger charge is 2.21. The first-order valence-electron chi connectivity index (χ1n) is 11.3. The summed E-state index contributed by atoms with van der Waals surface area (Å²) < 4.78 is 38.8. The molecule has 0 unspecified atom stereocenters. The van der Waals surface area contributed by atoms with Gasteiger partial charge in [0.2, 0.25) is 17.5 Å². The smallest absolute Gasteiger partial charge is 0.248 e. The van der Waals surface area contributed by atoms with E-state index in [1.807, 2.05) is 48.5 Å². The molecule has 3 aromatic carbocycles. The first kappa shape index (κ1) is 25.4. The molecule has 0 aliphatic carbocycles. The molecular weight excluding hydrogens is 476 g/mol. The molecule has 9 nitrogen and oxygen atoms in total. The van der Waals surface area contributed by atoms with Gasteiger partial charge in [-0.25, -0.2) is 0 Å². The van der Waals surface area contributed by atoms with Gasteiger partial charge < -0.3 is 32.8 Å². The molecule has 0 amide bonds. The normalized spacial score (nSPS) is 11.1. The van der Waals surface area contributed by atoms with Crippen LogP contribution < -0.4 is 28.4 Å². The first-order valence-corrected chi connectivity index (χ1v) is 11.3. The first-order chi connectivity index (χ1) is 18.0. The lowest BCUT2D eigenvalue weighted by Crippen LogP contribution is -1.98. The molecule has 1 aromatic heterocycles. The van der Waals surface area contributed by atoms with Crippen LogP contribution in [0.1, 0.15) is 17.0 Å². The standard InChI is InChI=1S/C28H28N2O7/c1-31-20-10-7-17(8-11-20)13-21(19-15-24(34-4)26(36-6)25(16-19)35-5)28-30-29-27(37-28)18-9-12-22(32-2)23(14-18)33-3/h7-16H,1-6H3/b21-13+. The Morgan fingerprint density at radius 1 is 0.649 bits per heavy atom. The molecule has 4 rings (SSSR count). The Balaban J connectivity index is 1.86. The maximum atomic E-state index is 6.16. The topological polar surface area (TPSA) is 94.3 Å². The molecule has 0 saturated carbocycles. The van der Waals surface area contributed by atoms with Crippen LogP contribution in [0.5, 0.6) is 34.5 Å². The minimum atomic E-state index is 0.301. The number of hydrogen-bond donors (Lipinski definition) is 0. The zero-order chi connectivity index (χ0) is 26.4. The van der Waals surface area contributed by atoms with Crippen molar-refractivity contribution in [1.29, 1.82) is 0 Å². The number of nitrogens with zero attached hydrogens (tertiary/aromatic N) is 2. The summed E-state index contributed by atoms with van der Waals surface area (Å²) in [5.41, 5.74) is 2.97. The predicted molar refractivity (Wildman–Crippen MR) is 139 cm³/mol. The van der Waals surface area contributed by atoms with Gasteiger partial charge in [0.05, 0.1) is 42.7 Å². The summed E-state index contributed by atoms with van der Waals surface area (Å²) in [6, 6.07) is 16.7. The Kier molecular flexibility index (Phi) is 7.83. The van der Waals surface area contributed by atoms with E-state index in [9.17, 15) is 0 Å². The van der Waals surface area contributed by atoms with E-state index in [2.05, 4.69) is 10.2 Å². The summed E-state index contributed by atoms with van der Waals surface area (Å²) in [6.07, 6.45) is 1.94. The Morgan fingerprint density at radius 2 is 1.30 bits per heavy atom. The van der Waals surface area contributed by atoms with E-state index in [-0.39, 0.29) is 0 Å². The maximum Gasteiger partial charge on any atom is 0.248 e. The number of aromatic nitrogens is 2. The Bertz CT molecular complexity index is 1370. The van der Waals surface area contributed by atoms with E-state index in [0.717, 1.165) is 16.9 Å². The van der Waals surface area contributed by atoms with Crippen molar-refractivity contribution in [3.8, 4) is 46.0 Å². The molecule has 1 heterocycles. The molecule has 0 aliphatic heterocycles. The second kappa shape index (κ2) is 11.4. The molecule has 9 heteroatoms. The summed E-state index contributed by atoms with van der Waals surface area (Å²) in [6.45, 7) is 0. The molecule has 0 N–H and O–H groups in total. The Morgan fingerprint density at radius 3 is 1.86 bits per heavy atom. The van der Waals surface area contributed by atoms with Crippen molar-refractivity contribution in [2.75, 3.05) is 42.7 Å². The lowest BCUT2D eigenvalue weighted by atomic mass is 10.0. The quantitative estimate of drug-likeness (QED) is 0.264. The highest BCUT2D eigenvalue weighted by atomic mass is 16.5. The average Bonchev–Trinajstić information content (AvgIpc) is 3.45. The zero-order valence-corrected chi connectivity index (χ0v) is 21.5. The van der Waals surface area contributed by atoms with Crippen LogP contribution in [0.25, 0.3) is 23.1 Å². The van der Waals surface area contributed by atoms with Crippen molar-refractivity contribution in [3.05, 3.63) is 71.6 Å². The second-order valence-corrected chi connectivity index (χ2v) is 7.73. The van der Waals surface area contributed by atoms with E-state index >= 15 is 0 Å². The van der Waals surface area contributed by atoms with Crippen LogP contribution in [0.15, 0.2) is 59.0 Å². The van der Waals surface area contributed by atoms with Crippen molar-refractivity contribution in [2.24, 2.45) is 0 Å². The zero-order valence-electron chi connectivity index (χ0n) is 21.5. The van der Waals surface area contributed by atoms with Crippen molar-refractivity contribution in [1.82, 2.24) is 10.2 Å². The van der Waals surface area contributed by atoms with Gasteiger partial charge in [-0.15, -0.1) is 10.2 Å². The fourth-order valence-corrected chi connectivity index (χ4v) is 3.79. The number of hydrogen-bond acceptors (Lipinski definition) is 9. The SMILES string of the molecule is COc1ccc(/C=C(\c2cc(OC)c(OC)c(OC)c2)c2nnc(-c3ccc(OC)c(OC)c3)o2)cc1. The van der Waals surface area contributed by atoms with Crippen molar-refractivity contribution in [2.45, 2.75) is 0 Å². The van der Waals surface area contributed by atoms with Crippen molar-refractivity contribution >= 4 is 11.6 Å². The van der Waals surface area contributed by atoms with Gasteiger partial charge >= 0.3 is 0 Å². The Labute approximate surface area is 215 Å². The van der Waals surface area contributed by atoms with Gasteiger partial charge in [0.1, 0.15) is 5.75 Å². The predicted octanol–water partition coefficient (Wildman–Crippen LogP) is 5.38. The van der Waals surface area contributed by atoms with Crippen LogP contribution in [0.2, 0.25) is 0 Å². The van der Waals surface area contributed by atoms with Gasteiger partial charge in [-0.3, -0.25) is 0 Å². The molecule has 0 fully saturated rings. The van der Waals surface area contributed by atoms with Crippen LogP contribution in [0.3, 0.4) is 0 Å². The molecule has 0 spiro atoms. The van der Waals surface area contributed by atoms with Gasteiger partial charge in [0.15, 0.2) is 23.0 Å². The highest BCUT2D eigenvalue weighted by molar-refractivity contribution is 5.90. The van der Waals surface area contributed by atoms with E-state index in [0.29, 0.717) is 51.7 Å². The third-order valence-electron chi connectivity index (χ3n) is 5.69. The molecule has 37 heavy (non-hydrogen) atoms. The molecular formula is C28H28N2O7. The fourth-order valence-electron chi connectivity index (χ4n) is 3.79. The number of benzene rings is 3. The largest absolute Gasteiger partial charge is 0.497 e. The highest BCUT2D eigenvalue weighted by Crippen LogP contribution is 2.42. The molecule has 0 bridgehead atoms. The minimum Gasteiger partial charge on any atom is -0.497 e. The average molecular weight is 505 g/mol. The van der Waals surface area contributed by atoms with Crippen LogP contribution in [-0.2, 0) is 0 Å². The lowest BCUT2D eigenvalue weighted by molar-refractivity contribution is 0.324. The number of ether oxygens (including phenoxy) is 6. The molecule has 0 saturated heterocycles. The van der Waals surface area contributed by atoms with Crippen LogP contribution >= 0.6 is 0 Å². The lowest BCUT2D eigenvalue weighted by Gasteiger charge is -2.15. The molecule has 0 radical (unpaired) electrons. The number of rotatable bonds is 10. The van der Waals surface area contributed by atoms with Crippen molar-refractivity contribution in [3.63, 3.8) is 0 Å². The molecule has 4 aromatic rings. The fraction of sp³-hybridized carbons (Fsp3) is 0.214. The van der Waals surface area contributed by atoms with Crippen LogP contribution in [0.4, 0.5) is 0 Å². The monoisotopic (exact) mass is 504 g/mol. The van der Waals surface area contributed by atoms with Gasteiger partial charge in [-0.2, -0.15) is 0 Å². The third kappa shape index (κ3) is 5.30. The van der Waals surface area contributed by atoms with Gasteiger partial charge in [0.25, 0.3) is 0 Å². The van der Waals surface area contributed by atoms with Gasteiger partial charge in [0, 0.05) is 11.1 Å². The van der Waals surface area contributed by atoms with Crippen molar-refractivity contribution < 1.29 is 32.8 Å². The summed E-state index contributed by atoms with van der Waals surface area (Å²) in [4.78, 5) is 0. The molecule has 192 valence electrons. The van der Waals surface area contributed by atoms with Gasteiger partial charge in [-0.1, -0.05) is 12.1 Å². The summed E-state index contributed by atoms with van der Waals surface area (Å²) in [5, 5.41) is 8.65. The maximum absolute atomic E-state index is 6.16. The minimum absolute atomic E-state index is 0.301. The summed E-state index contributed by atoms with van der Waals surface area (Å²) >= 11 is 0. The summed E-state index contributed by atoms with van der Waals surface area (Å²) in [5.74, 6) is 4.00. The van der Waals surface area contributed by atoms with E-state index in [1.54, 1.807) is 54.8 Å². The summed E-state index contributed by atoms with van der Waals surface area (Å²) in [7, 11) is 9.46.